The SMILES string of the molecule is CCCC(=O)N1CCCCC1C(=O)NCCN1CCNCC1. The molecule has 6 heteroatoms. The van der Waals surface area contributed by atoms with Crippen molar-refractivity contribution in [3.63, 3.8) is 0 Å². The molecule has 0 aliphatic carbocycles. The van der Waals surface area contributed by atoms with Gasteiger partial charge in [0.2, 0.25) is 11.8 Å². The number of nitrogens with one attached hydrogen (secondary N) is 2. The Kier molecular flexibility index (Phi) is 7.12. The van der Waals surface area contributed by atoms with Gasteiger partial charge in [0, 0.05) is 52.2 Å². The van der Waals surface area contributed by atoms with Gasteiger partial charge in [0.1, 0.15) is 6.04 Å². The van der Waals surface area contributed by atoms with Crippen molar-refractivity contribution in [3.05, 3.63) is 0 Å². The van der Waals surface area contributed by atoms with Gasteiger partial charge in [-0.15, -0.1) is 0 Å². The zero-order valence-corrected chi connectivity index (χ0v) is 13.8. The van der Waals surface area contributed by atoms with Gasteiger partial charge < -0.3 is 15.5 Å². The number of carbonyl (C=O) groups is 2. The topological polar surface area (TPSA) is 64.7 Å². The fourth-order valence-electron chi connectivity index (χ4n) is 3.25. The third-order valence-corrected chi connectivity index (χ3v) is 4.53. The van der Waals surface area contributed by atoms with Gasteiger partial charge >= 0.3 is 0 Å². The van der Waals surface area contributed by atoms with Crippen LogP contribution in [-0.2, 0) is 9.59 Å². The van der Waals surface area contributed by atoms with Crippen LogP contribution in [0.3, 0.4) is 0 Å². The number of piperidine rings is 1. The minimum atomic E-state index is -0.254. The summed E-state index contributed by atoms with van der Waals surface area (Å²) in [7, 11) is 0. The molecule has 126 valence electrons. The van der Waals surface area contributed by atoms with Crippen molar-refractivity contribution in [2.45, 2.75) is 45.1 Å². The zero-order valence-electron chi connectivity index (χ0n) is 13.8. The highest BCUT2D eigenvalue weighted by molar-refractivity contribution is 5.87. The molecule has 2 aliphatic heterocycles. The van der Waals surface area contributed by atoms with Gasteiger partial charge in [0.25, 0.3) is 0 Å². The number of rotatable bonds is 6. The second-order valence-electron chi connectivity index (χ2n) is 6.23. The molecule has 0 aromatic heterocycles. The quantitative estimate of drug-likeness (QED) is 0.735. The first-order valence-electron chi connectivity index (χ1n) is 8.72. The largest absolute Gasteiger partial charge is 0.353 e. The summed E-state index contributed by atoms with van der Waals surface area (Å²) in [5.41, 5.74) is 0. The molecule has 22 heavy (non-hydrogen) atoms. The standard InChI is InChI=1S/C16H30N4O2/c1-2-5-15(21)20-10-4-3-6-14(20)16(22)18-9-13-19-11-7-17-8-12-19/h14,17H,2-13H2,1H3,(H,18,22). The molecule has 2 aliphatic rings. The van der Waals surface area contributed by atoms with E-state index < -0.39 is 0 Å². The van der Waals surface area contributed by atoms with E-state index in [1.54, 1.807) is 4.90 Å². The average Bonchev–Trinajstić information content (AvgIpc) is 2.56. The van der Waals surface area contributed by atoms with Gasteiger partial charge in [0.05, 0.1) is 0 Å². The van der Waals surface area contributed by atoms with E-state index in [-0.39, 0.29) is 17.9 Å². The van der Waals surface area contributed by atoms with Crippen LogP contribution in [0, 0.1) is 0 Å². The second kappa shape index (κ2) is 9.10. The molecule has 0 aromatic carbocycles. The number of nitrogens with zero attached hydrogens (tertiary/aromatic N) is 2. The number of carbonyl (C=O) groups excluding carboxylic acids is 2. The maximum absolute atomic E-state index is 12.4. The van der Waals surface area contributed by atoms with Crippen molar-refractivity contribution >= 4 is 11.8 Å². The smallest absolute Gasteiger partial charge is 0.242 e. The van der Waals surface area contributed by atoms with Crippen LogP contribution in [0.2, 0.25) is 0 Å². The van der Waals surface area contributed by atoms with E-state index in [4.69, 9.17) is 0 Å². The molecule has 1 unspecified atom stereocenters. The van der Waals surface area contributed by atoms with Crippen molar-refractivity contribution in [1.29, 1.82) is 0 Å². The Hall–Kier alpha value is -1.14. The van der Waals surface area contributed by atoms with Crippen molar-refractivity contribution in [2.75, 3.05) is 45.8 Å². The molecule has 2 heterocycles. The Bertz CT molecular complexity index is 369. The summed E-state index contributed by atoms with van der Waals surface area (Å²) >= 11 is 0. The lowest BCUT2D eigenvalue weighted by Crippen LogP contribution is -2.53. The predicted molar refractivity (Wildman–Crippen MR) is 86.6 cm³/mol. The van der Waals surface area contributed by atoms with E-state index in [9.17, 15) is 9.59 Å². The first-order chi connectivity index (χ1) is 10.7. The molecule has 0 saturated carbocycles. The number of likely N-dealkylation sites (tertiary alicyclic amines) is 1. The first-order valence-corrected chi connectivity index (χ1v) is 8.72. The molecule has 0 aromatic rings. The maximum atomic E-state index is 12.4. The molecule has 0 spiro atoms. The normalized spacial score (nSPS) is 23.3. The lowest BCUT2D eigenvalue weighted by molar-refractivity contribution is -0.142. The van der Waals surface area contributed by atoms with Gasteiger partial charge in [-0.3, -0.25) is 14.5 Å². The van der Waals surface area contributed by atoms with E-state index in [1.807, 2.05) is 6.92 Å². The number of piperazine rings is 1. The van der Waals surface area contributed by atoms with Crippen LogP contribution in [0.5, 0.6) is 0 Å². The lowest BCUT2D eigenvalue weighted by Gasteiger charge is -2.35. The minimum Gasteiger partial charge on any atom is -0.353 e. The number of amides is 2. The van der Waals surface area contributed by atoms with E-state index in [1.165, 1.54) is 0 Å². The van der Waals surface area contributed by atoms with Crippen molar-refractivity contribution in [3.8, 4) is 0 Å². The molecule has 6 nitrogen and oxygen atoms in total. The third-order valence-electron chi connectivity index (χ3n) is 4.53. The van der Waals surface area contributed by atoms with Crippen LogP contribution < -0.4 is 10.6 Å². The molecule has 1 atom stereocenters. The molecule has 0 radical (unpaired) electrons. The Morgan fingerprint density at radius 3 is 2.68 bits per heavy atom. The number of hydrogen-bond donors (Lipinski definition) is 2. The Labute approximate surface area is 133 Å². The summed E-state index contributed by atoms with van der Waals surface area (Å²) in [6.45, 7) is 8.43. The highest BCUT2D eigenvalue weighted by Gasteiger charge is 2.31. The zero-order chi connectivity index (χ0) is 15.8. The van der Waals surface area contributed by atoms with Crippen molar-refractivity contribution in [1.82, 2.24) is 20.4 Å². The van der Waals surface area contributed by atoms with E-state index in [0.29, 0.717) is 13.0 Å². The monoisotopic (exact) mass is 310 g/mol. The van der Waals surface area contributed by atoms with Crippen LogP contribution >= 0.6 is 0 Å². The average molecular weight is 310 g/mol. The third kappa shape index (κ3) is 4.95. The highest BCUT2D eigenvalue weighted by Crippen LogP contribution is 2.18. The highest BCUT2D eigenvalue weighted by atomic mass is 16.2. The molecule has 0 bridgehead atoms. The van der Waals surface area contributed by atoms with Crippen LogP contribution in [-0.4, -0.2) is 73.5 Å². The molecular formula is C16H30N4O2. The number of hydrogen-bond acceptors (Lipinski definition) is 4. The Morgan fingerprint density at radius 1 is 1.18 bits per heavy atom. The fourth-order valence-corrected chi connectivity index (χ4v) is 3.25. The summed E-state index contributed by atoms with van der Waals surface area (Å²) in [6, 6.07) is -0.254. The molecule has 2 saturated heterocycles. The molecule has 2 rings (SSSR count). The van der Waals surface area contributed by atoms with Gasteiger partial charge in [0.15, 0.2) is 0 Å². The summed E-state index contributed by atoms with van der Waals surface area (Å²) < 4.78 is 0. The van der Waals surface area contributed by atoms with Crippen LogP contribution in [0.25, 0.3) is 0 Å². The van der Waals surface area contributed by atoms with Gasteiger partial charge in [-0.2, -0.15) is 0 Å². The van der Waals surface area contributed by atoms with E-state index >= 15 is 0 Å². The summed E-state index contributed by atoms with van der Waals surface area (Å²) in [4.78, 5) is 28.7. The van der Waals surface area contributed by atoms with Crippen LogP contribution in [0.1, 0.15) is 39.0 Å². The van der Waals surface area contributed by atoms with Gasteiger partial charge in [-0.05, 0) is 25.7 Å². The molecule has 2 N–H and O–H groups in total. The van der Waals surface area contributed by atoms with Gasteiger partial charge in [-0.1, -0.05) is 6.92 Å². The Balaban J connectivity index is 1.77. The summed E-state index contributed by atoms with van der Waals surface area (Å²) in [6.07, 6.45) is 4.23. The minimum absolute atomic E-state index is 0.0271. The van der Waals surface area contributed by atoms with E-state index in [2.05, 4.69) is 15.5 Å². The second-order valence-corrected chi connectivity index (χ2v) is 6.23. The Morgan fingerprint density at radius 2 is 1.95 bits per heavy atom. The predicted octanol–water partition coefficient (Wildman–Crippen LogP) is 0.189. The van der Waals surface area contributed by atoms with Crippen molar-refractivity contribution < 1.29 is 9.59 Å². The van der Waals surface area contributed by atoms with Crippen LogP contribution in [0.4, 0.5) is 0 Å². The maximum Gasteiger partial charge on any atom is 0.242 e. The lowest BCUT2D eigenvalue weighted by atomic mass is 10.0. The molecule has 2 fully saturated rings. The molecule has 2 amide bonds. The van der Waals surface area contributed by atoms with Crippen molar-refractivity contribution in [2.24, 2.45) is 0 Å². The summed E-state index contributed by atoms with van der Waals surface area (Å²) in [5.74, 6) is 0.156. The first kappa shape index (κ1) is 17.2. The van der Waals surface area contributed by atoms with E-state index in [0.717, 1.165) is 65.0 Å². The summed E-state index contributed by atoms with van der Waals surface area (Å²) in [5, 5.41) is 6.35. The fraction of sp³-hybridized carbons (Fsp3) is 0.875. The van der Waals surface area contributed by atoms with Crippen LogP contribution in [0.15, 0.2) is 0 Å². The molecular weight excluding hydrogens is 280 g/mol. The van der Waals surface area contributed by atoms with Gasteiger partial charge in [-0.25, -0.2) is 0 Å².